The van der Waals surface area contributed by atoms with Gasteiger partial charge in [0.2, 0.25) is 0 Å². The molecule has 2 rings (SSSR count). The largest absolute Gasteiger partial charge is 0.0842 e. The third-order valence-corrected chi connectivity index (χ3v) is 5.89. The molecule has 0 saturated heterocycles. The van der Waals surface area contributed by atoms with Crippen LogP contribution < -0.4 is 5.30 Å². The van der Waals surface area contributed by atoms with Crippen LogP contribution in [0.3, 0.4) is 0 Å². The Morgan fingerprint density at radius 2 is 2.00 bits per heavy atom. The minimum absolute atomic E-state index is 0.0700. The molecule has 1 unspecified atom stereocenters. The first-order valence-electron chi connectivity index (χ1n) is 6.60. The maximum Gasteiger partial charge on any atom is -0.0199 e. The SMILES string of the molecule is CCCCP(C1=CC=CCC1)c1ccccc1. The van der Waals surface area contributed by atoms with Crippen molar-refractivity contribution in [1.29, 1.82) is 0 Å². The Hall–Kier alpha value is -0.870. The van der Waals surface area contributed by atoms with Gasteiger partial charge in [-0.05, 0) is 44.0 Å². The van der Waals surface area contributed by atoms with Crippen LogP contribution in [0.2, 0.25) is 0 Å². The van der Waals surface area contributed by atoms with Crippen molar-refractivity contribution in [2.45, 2.75) is 32.6 Å². The summed E-state index contributed by atoms with van der Waals surface area (Å²) in [6.07, 6.45) is 13.4. The summed E-state index contributed by atoms with van der Waals surface area (Å²) in [4.78, 5) is 0. The highest BCUT2D eigenvalue weighted by molar-refractivity contribution is 7.69. The molecule has 0 saturated carbocycles. The van der Waals surface area contributed by atoms with Gasteiger partial charge >= 0.3 is 0 Å². The summed E-state index contributed by atoms with van der Waals surface area (Å²) in [6.45, 7) is 2.29. The Kier molecular flexibility index (Phi) is 5.01. The maximum absolute atomic E-state index is 2.36. The summed E-state index contributed by atoms with van der Waals surface area (Å²) in [7, 11) is -0.0700. The van der Waals surface area contributed by atoms with Crippen molar-refractivity contribution in [2.75, 3.05) is 6.16 Å². The van der Waals surface area contributed by atoms with Crippen LogP contribution in [0, 0.1) is 0 Å². The number of hydrogen-bond acceptors (Lipinski definition) is 0. The van der Waals surface area contributed by atoms with Gasteiger partial charge in [0.25, 0.3) is 0 Å². The van der Waals surface area contributed by atoms with Crippen molar-refractivity contribution in [2.24, 2.45) is 0 Å². The fourth-order valence-electron chi connectivity index (χ4n) is 2.18. The molecule has 1 heteroatoms. The zero-order valence-corrected chi connectivity index (χ0v) is 11.5. The minimum Gasteiger partial charge on any atom is -0.0842 e. The van der Waals surface area contributed by atoms with Gasteiger partial charge in [0.05, 0.1) is 0 Å². The van der Waals surface area contributed by atoms with Gasteiger partial charge in [-0.3, -0.25) is 0 Å². The molecule has 0 aromatic heterocycles. The molecule has 1 aromatic carbocycles. The predicted octanol–water partition coefficient (Wildman–Crippen LogP) is 4.83. The number of rotatable bonds is 5. The zero-order chi connectivity index (χ0) is 11.9. The molecule has 0 aliphatic heterocycles. The van der Waals surface area contributed by atoms with Crippen molar-refractivity contribution in [3.05, 3.63) is 53.9 Å². The Labute approximate surface area is 106 Å². The van der Waals surface area contributed by atoms with Crippen molar-refractivity contribution in [3.63, 3.8) is 0 Å². The zero-order valence-electron chi connectivity index (χ0n) is 10.6. The smallest absolute Gasteiger partial charge is 0.0199 e. The van der Waals surface area contributed by atoms with Crippen LogP contribution in [-0.4, -0.2) is 6.16 Å². The summed E-state index contributed by atoms with van der Waals surface area (Å²) >= 11 is 0. The van der Waals surface area contributed by atoms with E-state index in [1.807, 2.05) is 0 Å². The molecule has 1 atom stereocenters. The third kappa shape index (κ3) is 3.54. The average molecular weight is 244 g/mol. The van der Waals surface area contributed by atoms with Gasteiger partial charge in [-0.2, -0.15) is 0 Å². The quantitative estimate of drug-likeness (QED) is 0.651. The highest BCUT2D eigenvalue weighted by Gasteiger charge is 2.15. The molecule has 1 aliphatic carbocycles. The Morgan fingerprint density at radius 1 is 1.18 bits per heavy atom. The number of unbranched alkanes of at least 4 members (excludes halogenated alkanes) is 1. The summed E-state index contributed by atoms with van der Waals surface area (Å²) < 4.78 is 0. The number of allylic oxidation sites excluding steroid dienone is 4. The van der Waals surface area contributed by atoms with E-state index in [4.69, 9.17) is 0 Å². The molecule has 0 bridgehead atoms. The fourth-order valence-corrected chi connectivity index (χ4v) is 4.88. The fraction of sp³-hybridized carbons (Fsp3) is 0.375. The topological polar surface area (TPSA) is 0 Å². The van der Waals surface area contributed by atoms with Gasteiger partial charge in [-0.25, -0.2) is 0 Å². The van der Waals surface area contributed by atoms with Crippen molar-refractivity contribution < 1.29 is 0 Å². The normalized spacial score (nSPS) is 16.6. The summed E-state index contributed by atoms with van der Waals surface area (Å²) in [5, 5.41) is 3.24. The number of hydrogen-bond donors (Lipinski definition) is 0. The van der Waals surface area contributed by atoms with Crippen molar-refractivity contribution >= 4 is 13.2 Å². The van der Waals surface area contributed by atoms with E-state index >= 15 is 0 Å². The van der Waals surface area contributed by atoms with Gasteiger partial charge in [-0.1, -0.05) is 61.9 Å². The van der Waals surface area contributed by atoms with E-state index in [1.54, 1.807) is 10.6 Å². The molecule has 0 fully saturated rings. The number of benzene rings is 1. The van der Waals surface area contributed by atoms with E-state index in [-0.39, 0.29) is 7.92 Å². The van der Waals surface area contributed by atoms with Crippen LogP contribution in [0.25, 0.3) is 0 Å². The van der Waals surface area contributed by atoms with Crippen LogP contribution >= 0.6 is 7.92 Å². The van der Waals surface area contributed by atoms with E-state index < -0.39 is 0 Å². The highest BCUT2D eigenvalue weighted by atomic mass is 31.1. The van der Waals surface area contributed by atoms with E-state index in [2.05, 4.69) is 55.5 Å². The first-order chi connectivity index (χ1) is 8.42. The average Bonchev–Trinajstić information content (AvgIpc) is 2.42. The lowest BCUT2D eigenvalue weighted by molar-refractivity contribution is 0.890. The molecule has 0 amide bonds. The van der Waals surface area contributed by atoms with E-state index in [1.165, 1.54) is 31.8 Å². The van der Waals surface area contributed by atoms with E-state index in [9.17, 15) is 0 Å². The van der Waals surface area contributed by atoms with Gasteiger partial charge < -0.3 is 0 Å². The molecule has 0 spiro atoms. The van der Waals surface area contributed by atoms with Crippen molar-refractivity contribution in [3.8, 4) is 0 Å². The predicted molar refractivity (Wildman–Crippen MR) is 79.2 cm³/mol. The van der Waals surface area contributed by atoms with E-state index in [0.29, 0.717) is 0 Å². The molecule has 1 aromatic rings. The minimum atomic E-state index is -0.0700. The second-order valence-corrected chi connectivity index (χ2v) is 6.86. The van der Waals surface area contributed by atoms with Gasteiger partial charge in [-0.15, -0.1) is 0 Å². The lowest BCUT2D eigenvalue weighted by Crippen LogP contribution is -2.05. The molecule has 0 radical (unpaired) electrons. The standard InChI is InChI=1S/C16H21P/c1-2-3-14-17(15-10-6-4-7-11-15)16-12-8-5-9-13-16/h4-8,10-12H,2-3,9,13-14H2,1H3. The van der Waals surface area contributed by atoms with Crippen LogP contribution in [0.4, 0.5) is 0 Å². The lowest BCUT2D eigenvalue weighted by Gasteiger charge is -2.22. The molecule has 0 nitrogen and oxygen atoms in total. The van der Waals surface area contributed by atoms with Gasteiger partial charge in [0.1, 0.15) is 0 Å². The van der Waals surface area contributed by atoms with Crippen LogP contribution in [0.1, 0.15) is 32.6 Å². The summed E-state index contributed by atoms with van der Waals surface area (Å²) in [5.41, 5.74) is 0. The molecule has 90 valence electrons. The third-order valence-electron chi connectivity index (χ3n) is 3.14. The molecule has 0 heterocycles. The van der Waals surface area contributed by atoms with Gasteiger partial charge in [0.15, 0.2) is 0 Å². The van der Waals surface area contributed by atoms with Crippen molar-refractivity contribution in [1.82, 2.24) is 0 Å². The van der Waals surface area contributed by atoms with Crippen LogP contribution in [0.15, 0.2) is 53.9 Å². The Morgan fingerprint density at radius 3 is 2.65 bits per heavy atom. The Balaban J connectivity index is 2.18. The molecular formula is C16H21P. The van der Waals surface area contributed by atoms with Crippen LogP contribution in [0.5, 0.6) is 0 Å². The molecule has 1 aliphatic rings. The lowest BCUT2D eigenvalue weighted by atomic mass is 10.2. The second-order valence-electron chi connectivity index (χ2n) is 4.47. The first kappa shape index (κ1) is 12.6. The Bertz CT molecular complexity index is 389. The summed E-state index contributed by atoms with van der Waals surface area (Å²) in [6, 6.07) is 11.1. The van der Waals surface area contributed by atoms with Gasteiger partial charge in [0, 0.05) is 0 Å². The maximum atomic E-state index is 2.36. The molecule has 0 N–H and O–H groups in total. The molecular weight excluding hydrogens is 223 g/mol. The van der Waals surface area contributed by atoms with Crippen LogP contribution in [-0.2, 0) is 0 Å². The first-order valence-corrected chi connectivity index (χ1v) is 8.13. The second kappa shape index (κ2) is 6.77. The molecule has 17 heavy (non-hydrogen) atoms. The monoisotopic (exact) mass is 244 g/mol. The highest BCUT2D eigenvalue weighted by Crippen LogP contribution is 2.47. The van der Waals surface area contributed by atoms with E-state index in [0.717, 1.165) is 0 Å². The summed E-state index contributed by atoms with van der Waals surface area (Å²) in [5.74, 6) is 0.